The Morgan fingerprint density at radius 3 is 3.11 bits per heavy atom. The van der Waals surface area contributed by atoms with Gasteiger partial charge in [-0.05, 0) is 19.1 Å². The van der Waals surface area contributed by atoms with Crippen LogP contribution in [0.25, 0.3) is 0 Å². The van der Waals surface area contributed by atoms with Crippen LogP contribution in [0.5, 0.6) is 0 Å². The van der Waals surface area contributed by atoms with Gasteiger partial charge >= 0.3 is 0 Å². The van der Waals surface area contributed by atoms with E-state index in [4.69, 9.17) is 0 Å². The van der Waals surface area contributed by atoms with Crippen molar-refractivity contribution in [1.29, 1.82) is 0 Å². The number of amides is 1. The lowest BCUT2D eigenvalue weighted by atomic mass is 10.3. The van der Waals surface area contributed by atoms with Crippen molar-refractivity contribution in [3.8, 4) is 0 Å². The van der Waals surface area contributed by atoms with Gasteiger partial charge in [-0.2, -0.15) is 0 Å². The molecule has 1 atom stereocenters. The molecule has 1 aliphatic rings. The standard InChI is InChI=1S/C12H17N5O/c1-9-7-16-12(17-9)15-6-5-14-11(18)10-3-2-4-13-8-10/h2-4,8-9H,5-7H2,1H3,(H,14,18)(H2,15,16,17). The summed E-state index contributed by atoms with van der Waals surface area (Å²) in [6.45, 7) is 4.06. The lowest BCUT2D eigenvalue weighted by Crippen LogP contribution is -2.41. The first-order valence-corrected chi connectivity index (χ1v) is 5.99. The Balaban J connectivity index is 1.65. The predicted octanol–water partition coefficient (Wildman–Crippen LogP) is -0.251. The van der Waals surface area contributed by atoms with E-state index in [9.17, 15) is 4.79 Å². The molecule has 1 unspecified atom stereocenters. The second kappa shape index (κ2) is 6.00. The molecule has 0 aromatic carbocycles. The van der Waals surface area contributed by atoms with Crippen molar-refractivity contribution in [1.82, 2.24) is 20.9 Å². The SMILES string of the molecule is CC1CN=C(NCCNC(=O)c2cccnc2)N1. The molecule has 0 radical (unpaired) electrons. The predicted molar refractivity (Wildman–Crippen MR) is 69.5 cm³/mol. The quantitative estimate of drug-likeness (QED) is 0.641. The number of pyridine rings is 1. The first kappa shape index (κ1) is 12.3. The van der Waals surface area contributed by atoms with Crippen molar-refractivity contribution in [2.24, 2.45) is 4.99 Å². The van der Waals surface area contributed by atoms with Gasteiger partial charge in [-0.3, -0.25) is 14.8 Å². The zero-order chi connectivity index (χ0) is 12.8. The van der Waals surface area contributed by atoms with Crippen LogP contribution in [0.1, 0.15) is 17.3 Å². The Hall–Kier alpha value is -2.11. The lowest BCUT2D eigenvalue weighted by molar-refractivity contribution is 0.0954. The average molecular weight is 247 g/mol. The molecule has 2 rings (SSSR count). The molecule has 0 aliphatic carbocycles. The number of hydrogen-bond donors (Lipinski definition) is 3. The minimum Gasteiger partial charge on any atom is -0.355 e. The van der Waals surface area contributed by atoms with E-state index in [1.165, 1.54) is 0 Å². The van der Waals surface area contributed by atoms with Crippen LogP contribution in [0.4, 0.5) is 0 Å². The van der Waals surface area contributed by atoms with Gasteiger partial charge in [-0.1, -0.05) is 0 Å². The van der Waals surface area contributed by atoms with Gasteiger partial charge in [0.15, 0.2) is 5.96 Å². The van der Waals surface area contributed by atoms with E-state index in [1.54, 1.807) is 24.5 Å². The summed E-state index contributed by atoms with van der Waals surface area (Å²) in [6, 6.07) is 3.86. The van der Waals surface area contributed by atoms with Crippen molar-refractivity contribution < 1.29 is 4.79 Å². The molecule has 1 aromatic rings. The van der Waals surface area contributed by atoms with Crippen LogP contribution >= 0.6 is 0 Å². The number of guanidine groups is 1. The van der Waals surface area contributed by atoms with E-state index in [1.807, 2.05) is 0 Å². The van der Waals surface area contributed by atoms with Gasteiger partial charge in [0.25, 0.3) is 5.91 Å². The molecule has 0 saturated carbocycles. The van der Waals surface area contributed by atoms with Crippen molar-refractivity contribution in [3.05, 3.63) is 30.1 Å². The summed E-state index contributed by atoms with van der Waals surface area (Å²) in [7, 11) is 0. The van der Waals surface area contributed by atoms with E-state index < -0.39 is 0 Å². The minimum absolute atomic E-state index is 0.111. The van der Waals surface area contributed by atoms with Gasteiger partial charge in [-0.15, -0.1) is 0 Å². The summed E-state index contributed by atoms with van der Waals surface area (Å²) in [6.07, 6.45) is 3.19. The van der Waals surface area contributed by atoms with Crippen molar-refractivity contribution in [2.45, 2.75) is 13.0 Å². The van der Waals surface area contributed by atoms with Gasteiger partial charge in [-0.25, -0.2) is 0 Å². The van der Waals surface area contributed by atoms with Gasteiger partial charge in [0, 0.05) is 31.5 Å². The van der Waals surface area contributed by atoms with E-state index in [0.29, 0.717) is 24.7 Å². The maximum absolute atomic E-state index is 11.7. The van der Waals surface area contributed by atoms with Gasteiger partial charge in [0.2, 0.25) is 0 Å². The number of aromatic nitrogens is 1. The highest BCUT2D eigenvalue weighted by atomic mass is 16.1. The largest absolute Gasteiger partial charge is 0.355 e. The van der Waals surface area contributed by atoms with Gasteiger partial charge < -0.3 is 16.0 Å². The van der Waals surface area contributed by atoms with E-state index >= 15 is 0 Å². The fourth-order valence-corrected chi connectivity index (χ4v) is 1.62. The van der Waals surface area contributed by atoms with Gasteiger partial charge in [0.05, 0.1) is 12.1 Å². The third-order valence-corrected chi connectivity index (χ3v) is 2.53. The molecule has 6 heteroatoms. The summed E-state index contributed by atoms with van der Waals surface area (Å²) in [5, 5.41) is 9.13. The molecular formula is C12H17N5O. The fourth-order valence-electron chi connectivity index (χ4n) is 1.62. The summed E-state index contributed by atoms with van der Waals surface area (Å²) >= 11 is 0. The molecule has 3 N–H and O–H groups in total. The molecule has 0 fully saturated rings. The fraction of sp³-hybridized carbons (Fsp3) is 0.417. The topological polar surface area (TPSA) is 78.4 Å². The Labute approximate surface area is 106 Å². The number of nitrogens with one attached hydrogen (secondary N) is 3. The van der Waals surface area contributed by atoms with Crippen LogP contribution in [0.3, 0.4) is 0 Å². The number of hydrogen-bond acceptors (Lipinski definition) is 5. The van der Waals surface area contributed by atoms with Crippen LogP contribution in [-0.2, 0) is 0 Å². The molecule has 1 aliphatic heterocycles. The van der Waals surface area contributed by atoms with Crippen molar-refractivity contribution in [3.63, 3.8) is 0 Å². The molecule has 1 amide bonds. The maximum Gasteiger partial charge on any atom is 0.252 e. The number of rotatable bonds is 4. The summed E-state index contributed by atoms with van der Waals surface area (Å²) in [4.78, 5) is 19.8. The summed E-state index contributed by atoms with van der Waals surface area (Å²) in [5.41, 5.74) is 0.572. The highest BCUT2D eigenvalue weighted by molar-refractivity contribution is 5.93. The monoisotopic (exact) mass is 247 g/mol. The number of aliphatic imine (C=N–C) groups is 1. The zero-order valence-corrected chi connectivity index (χ0v) is 10.3. The normalized spacial score (nSPS) is 17.8. The lowest BCUT2D eigenvalue weighted by Gasteiger charge is -2.09. The van der Waals surface area contributed by atoms with Gasteiger partial charge in [0.1, 0.15) is 0 Å². The van der Waals surface area contributed by atoms with Crippen LogP contribution in [-0.4, -0.2) is 42.5 Å². The Kier molecular flexibility index (Phi) is 4.11. The van der Waals surface area contributed by atoms with Crippen molar-refractivity contribution in [2.75, 3.05) is 19.6 Å². The summed E-state index contributed by atoms with van der Waals surface area (Å²) < 4.78 is 0. The average Bonchev–Trinajstić information content (AvgIpc) is 2.81. The van der Waals surface area contributed by atoms with Crippen LogP contribution in [0.2, 0.25) is 0 Å². The molecule has 18 heavy (non-hydrogen) atoms. The first-order chi connectivity index (χ1) is 8.75. The third kappa shape index (κ3) is 3.44. The molecule has 1 aromatic heterocycles. The number of carbonyl (C=O) groups is 1. The Morgan fingerprint density at radius 1 is 1.56 bits per heavy atom. The zero-order valence-electron chi connectivity index (χ0n) is 10.3. The molecule has 6 nitrogen and oxygen atoms in total. The second-order valence-electron chi connectivity index (χ2n) is 4.16. The van der Waals surface area contributed by atoms with Crippen LogP contribution in [0, 0.1) is 0 Å². The second-order valence-corrected chi connectivity index (χ2v) is 4.16. The highest BCUT2D eigenvalue weighted by Gasteiger charge is 2.11. The molecule has 0 bridgehead atoms. The first-order valence-electron chi connectivity index (χ1n) is 5.99. The molecule has 0 saturated heterocycles. The number of nitrogens with zero attached hydrogens (tertiary/aromatic N) is 2. The molecule has 96 valence electrons. The molecular weight excluding hydrogens is 230 g/mol. The highest BCUT2D eigenvalue weighted by Crippen LogP contribution is 1.94. The molecule has 2 heterocycles. The van der Waals surface area contributed by atoms with Crippen LogP contribution < -0.4 is 16.0 Å². The maximum atomic E-state index is 11.7. The van der Waals surface area contributed by atoms with E-state index in [-0.39, 0.29) is 5.91 Å². The van der Waals surface area contributed by atoms with E-state index in [0.717, 1.165) is 12.5 Å². The summed E-state index contributed by atoms with van der Waals surface area (Å²) in [5.74, 6) is 0.692. The Morgan fingerprint density at radius 2 is 2.44 bits per heavy atom. The van der Waals surface area contributed by atoms with E-state index in [2.05, 4.69) is 32.9 Å². The molecule has 0 spiro atoms. The van der Waals surface area contributed by atoms with Crippen molar-refractivity contribution >= 4 is 11.9 Å². The van der Waals surface area contributed by atoms with Crippen LogP contribution in [0.15, 0.2) is 29.5 Å². The third-order valence-electron chi connectivity index (χ3n) is 2.53. The Bertz CT molecular complexity index is 431. The smallest absolute Gasteiger partial charge is 0.252 e. The minimum atomic E-state index is -0.111. The number of carbonyl (C=O) groups excluding carboxylic acids is 1.